The Morgan fingerprint density at radius 2 is 1.21 bits per heavy atom. The predicted molar refractivity (Wildman–Crippen MR) is 122 cm³/mol. The van der Waals surface area contributed by atoms with Gasteiger partial charge in [0.2, 0.25) is 0 Å². The molecule has 0 unspecified atom stereocenters. The Morgan fingerprint density at radius 1 is 0.714 bits per heavy atom. The summed E-state index contributed by atoms with van der Waals surface area (Å²) in [4.78, 5) is 0. The first-order chi connectivity index (χ1) is 13.8. The second-order valence-electron chi connectivity index (χ2n) is 8.13. The highest BCUT2D eigenvalue weighted by atomic mass is 16.5. The second-order valence-corrected chi connectivity index (χ2v) is 8.13. The van der Waals surface area contributed by atoms with E-state index in [9.17, 15) is 5.11 Å². The Bertz CT molecular complexity index is 294. The van der Waals surface area contributed by atoms with Crippen molar-refractivity contribution in [2.75, 3.05) is 26.4 Å². The van der Waals surface area contributed by atoms with Crippen molar-refractivity contribution in [2.45, 2.75) is 122 Å². The highest BCUT2D eigenvalue weighted by Crippen LogP contribution is 2.13. The number of hydrogen-bond acceptors (Lipinski definition) is 3. The van der Waals surface area contributed by atoms with E-state index in [1.807, 2.05) is 6.08 Å². The van der Waals surface area contributed by atoms with Gasteiger partial charge in [-0.25, -0.2) is 0 Å². The van der Waals surface area contributed by atoms with Crippen molar-refractivity contribution in [1.82, 2.24) is 0 Å². The van der Waals surface area contributed by atoms with Gasteiger partial charge in [-0.2, -0.15) is 0 Å². The Kier molecular flexibility index (Phi) is 24.3. The molecule has 0 aromatic carbocycles. The van der Waals surface area contributed by atoms with Crippen LogP contribution in [0.4, 0.5) is 0 Å². The number of aliphatic hydroxyl groups excluding tert-OH is 1. The van der Waals surface area contributed by atoms with Gasteiger partial charge in [0.1, 0.15) is 6.10 Å². The summed E-state index contributed by atoms with van der Waals surface area (Å²) in [6.07, 6.45) is 24.1. The number of rotatable bonds is 24. The molecule has 0 rings (SSSR count). The molecule has 0 spiro atoms. The van der Waals surface area contributed by atoms with Crippen LogP contribution in [0.2, 0.25) is 0 Å². The van der Waals surface area contributed by atoms with Gasteiger partial charge in [-0.15, -0.1) is 6.58 Å². The first kappa shape index (κ1) is 27.6. The Labute approximate surface area is 176 Å². The lowest BCUT2D eigenvalue weighted by atomic mass is 10.0. The molecular weight excluding hydrogens is 348 g/mol. The molecule has 1 N–H and O–H groups in total. The average molecular weight is 399 g/mol. The SMILES string of the molecule is C=CCCCCO[C@@H](CO)COCCCCCCCCCCCCCCCC. The van der Waals surface area contributed by atoms with Crippen molar-refractivity contribution in [3.8, 4) is 0 Å². The molecule has 0 aliphatic rings. The van der Waals surface area contributed by atoms with Crippen molar-refractivity contribution in [3.63, 3.8) is 0 Å². The van der Waals surface area contributed by atoms with E-state index >= 15 is 0 Å². The van der Waals surface area contributed by atoms with Crippen molar-refractivity contribution < 1.29 is 14.6 Å². The molecule has 1 atom stereocenters. The molecule has 28 heavy (non-hydrogen) atoms. The molecule has 0 saturated carbocycles. The minimum absolute atomic E-state index is 0.0419. The number of unbranched alkanes of at least 4 members (excludes halogenated alkanes) is 15. The van der Waals surface area contributed by atoms with E-state index in [4.69, 9.17) is 9.47 Å². The number of ether oxygens (including phenoxy) is 2. The molecule has 0 bridgehead atoms. The van der Waals surface area contributed by atoms with Crippen LogP contribution in [0.25, 0.3) is 0 Å². The highest BCUT2D eigenvalue weighted by molar-refractivity contribution is 4.65. The van der Waals surface area contributed by atoms with Crippen LogP contribution in [-0.2, 0) is 9.47 Å². The summed E-state index contributed by atoms with van der Waals surface area (Å²) in [5, 5.41) is 9.33. The molecule has 0 amide bonds. The fraction of sp³-hybridized carbons (Fsp3) is 0.920. The molecule has 0 fully saturated rings. The zero-order valence-electron chi connectivity index (χ0n) is 19.0. The largest absolute Gasteiger partial charge is 0.394 e. The van der Waals surface area contributed by atoms with Crippen molar-refractivity contribution in [2.24, 2.45) is 0 Å². The van der Waals surface area contributed by atoms with Crippen molar-refractivity contribution in [1.29, 1.82) is 0 Å². The first-order valence-corrected chi connectivity index (χ1v) is 12.3. The van der Waals surface area contributed by atoms with Crippen LogP contribution in [0.15, 0.2) is 12.7 Å². The summed E-state index contributed by atoms with van der Waals surface area (Å²) >= 11 is 0. The molecule has 0 aromatic rings. The molecule has 0 saturated heterocycles. The molecule has 0 radical (unpaired) electrons. The quantitative estimate of drug-likeness (QED) is 0.138. The minimum atomic E-state index is -0.171. The average Bonchev–Trinajstić information content (AvgIpc) is 2.71. The van der Waals surface area contributed by atoms with Crippen LogP contribution in [0, 0.1) is 0 Å². The van der Waals surface area contributed by atoms with Crippen LogP contribution < -0.4 is 0 Å². The van der Waals surface area contributed by atoms with Gasteiger partial charge in [-0.3, -0.25) is 0 Å². The van der Waals surface area contributed by atoms with E-state index in [1.165, 1.54) is 83.5 Å². The van der Waals surface area contributed by atoms with Gasteiger partial charge in [0.05, 0.1) is 13.2 Å². The third-order valence-electron chi connectivity index (χ3n) is 5.31. The lowest BCUT2D eigenvalue weighted by Gasteiger charge is -2.15. The second kappa shape index (κ2) is 24.7. The maximum Gasteiger partial charge on any atom is 0.104 e. The highest BCUT2D eigenvalue weighted by Gasteiger charge is 2.07. The normalized spacial score (nSPS) is 12.4. The first-order valence-electron chi connectivity index (χ1n) is 12.3. The molecule has 0 aromatic heterocycles. The third-order valence-corrected chi connectivity index (χ3v) is 5.31. The topological polar surface area (TPSA) is 38.7 Å². The molecule has 3 nitrogen and oxygen atoms in total. The lowest BCUT2D eigenvalue weighted by molar-refractivity contribution is -0.0436. The van der Waals surface area contributed by atoms with E-state index in [0.29, 0.717) is 13.2 Å². The number of allylic oxidation sites excluding steroid dienone is 1. The van der Waals surface area contributed by atoms with Crippen LogP contribution in [0.1, 0.15) is 116 Å². The van der Waals surface area contributed by atoms with E-state index in [2.05, 4.69) is 13.5 Å². The van der Waals surface area contributed by atoms with E-state index in [-0.39, 0.29) is 12.7 Å². The van der Waals surface area contributed by atoms with E-state index in [0.717, 1.165) is 32.3 Å². The predicted octanol–water partition coefficient (Wildman–Crippen LogP) is 7.22. The summed E-state index contributed by atoms with van der Waals surface area (Å²) < 4.78 is 11.3. The van der Waals surface area contributed by atoms with Gasteiger partial charge in [0, 0.05) is 13.2 Å². The molecule has 0 aliphatic heterocycles. The molecule has 0 heterocycles. The molecule has 3 heteroatoms. The van der Waals surface area contributed by atoms with Crippen LogP contribution >= 0.6 is 0 Å². The zero-order valence-corrected chi connectivity index (χ0v) is 19.0. The Hall–Kier alpha value is -0.380. The Balaban J connectivity index is 3.20. The summed E-state index contributed by atoms with van der Waals surface area (Å²) in [5.41, 5.74) is 0. The monoisotopic (exact) mass is 398 g/mol. The summed E-state index contributed by atoms with van der Waals surface area (Å²) in [6, 6.07) is 0. The maximum absolute atomic E-state index is 9.33. The summed E-state index contributed by atoms with van der Waals surface area (Å²) in [7, 11) is 0. The third kappa shape index (κ3) is 21.9. The van der Waals surface area contributed by atoms with Gasteiger partial charge in [-0.1, -0.05) is 96.5 Å². The van der Waals surface area contributed by atoms with Gasteiger partial charge in [-0.05, 0) is 25.7 Å². The minimum Gasteiger partial charge on any atom is -0.394 e. The number of aliphatic hydroxyl groups is 1. The van der Waals surface area contributed by atoms with Crippen LogP contribution in [0.3, 0.4) is 0 Å². The summed E-state index contributed by atoms with van der Waals surface area (Å²) in [5.74, 6) is 0. The standard InChI is InChI=1S/C25H50O3/c1-3-5-7-9-10-11-12-13-14-15-16-17-18-19-21-27-24-25(23-26)28-22-20-8-6-4-2/h4,25-26H,2-3,5-24H2,1H3/t25-/m0/s1. The number of hydrogen-bond donors (Lipinski definition) is 1. The maximum atomic E-state index is 9.33. The lowest BCUT2D eigenvalue weighted by Crippen LogP contribution is -2.24. The van der Waals surface area contributed by atoms with Gasteiger partial charge in [0.25, 0.3) is 0 Å². The molecule has 168 valence electrons. The molecular formula is C25H50O3. The fourth-order valence-corrected chi connectivity index (χ4v) is 3.41. The molecule has 0 aliphatic carbocycles. The smallest absolute Gasteiger partial charge is 0.104 e. The Morgan fingerprint density at radius 3 is 1.71 bits per heavy atom. The van der Waals surface area contributed by atoms with E-state index in [1.54, 1.807) is 0 Å². The zero-order chi connectivity index (χ0) is 20.5. The van der Waals surface area contributed by atoms with Crippen LogP contribution in [0.5, 0.6) is 0 Å². The van der Waals surface area contributed by atoms with E-state index < -0.39 is 0 Å². The van der Waals surface area contributed by atoms with Gasteiger partial charge < -0.3 is 14.6 Å². The van der Waals surface area contributed by atoms with Crippen LogP contribution in [-0.4, -0.2) is 37.6 Å². The van der Waals surface area contributed by atoms with Crippen molar-refractivity contribution in [3.05, 3.63) is 12.7 Å². The summed E-state index contributed by atoms with van der Waals surface area (Å²) in [6.45, 7) is 8.03. The fourth-order valence-electron chi connectivity index (χ4n) is 3.41. The van der Waals surface area contributed by atoms with Crippen molar-refractivity contribution >= 4 is 0 Å². The van der Waals surface area contributed by atoms with Gasteiger partial charge in [0.15, 0.2) is 0 Å². The van der Waals surface area contributed by atoms with Gasteiger partial charge >= 0.3 is 0 Å².